The highest BCUT2D eigenvalue weighted by Crippen LogP contribution is 2.29. The van der Waals surface area contributed by atoms with Crippen molar-refractivity contribution < 1.29 is 14.6 Å². The first kappa shape index (κ1) is 8.34. The summed E-state index contributed by atoms with van der Waals surface area (Å²) in [6.45, 7) is 0. The molecule has 0 aliphatic carbocycles. The molecule has 2 rings (SSSR count). The highest BCUT2D eigenvalue weighted by molar-refractivity contribution is 6.30. The third kappa shape index (κ3) is 1.46. The molecule has 0 saturated heterocycles. The average molecular weight is 200 g/mol. The van der Waals surface area contributed by atoms with E-state index in [1.807, 2.05) is 0 Å². The van der Waals surface area contributed by atoms with Gasteiger partial charge in [0.2, 0.25) is 0 Å². The molecule has 4 nitrogen and oxygen atoms in total. The van der Waals surface area contributed by atoms with Gasteiger partial charge in [-0.3, -0.25) is 5.32 Å². The molecular weight excluding hydrogens is 194 g/mol. The monoisotopic (exact) mass is 199 g/mol. The van der Waals surface area contributed by atoms with Crippen LogP contribution in [0.15, 0.2) is 18.2 Å². The Morgan fingerprint density at radius 3 is 3.08 bits per heavy atom. The van der Waals surface area contributed by atoms with Gasteiger partial charge in [0.25, 0.3) is 0 Å². The lowest BCUT2D eigenvalue weighted by Crippen LogP contribution is -2.35. The number of aliphatic hydroxyl groups excluding tert-OH is 1. The Morgan fingerprint density at radius 1 is 1.54 bits per heavy atom. The predicted octanol–water partition coefficient (Wildman–Crippen LogP) is 1.43. The minimum Gasteiger partial charge on any atom is -0.410 e. The van der Waals surface area contributed by atoms with Gasteiger partial charge in [-0.1, -0.05) is 11.6 Å². The van der Waals surface area contributed by atoms with Gasteiger partial charge in [-0.25, -0.2) is 4.79 Å². The number of ether oxygens (including phenoxy) is 1. The van der Waals surface area contributed by atoms with E-state index in [1.54, 1.807) is 18.2 Å². The normalized spacial score (nSPS) is 20.2. The van der Waals surface area contributed by atoms with Gasteiger partial charge in [0, 0.05) is 10.6 Å². The molecule has 13 heavy (non-hydrogen) atoms. The third-order valence-electron chi connectivity index (χ3n) is 1.72. The number of hydrogen-bond donors (Lipinski definition) is 2. The van der Waals surface area contributed by atoms with Gasteiger partial charge in [-0.15, -0.1) is 0 Å². The number of aliphatic hydroxyl groups is 1. The van der Waals surface area contributed by atoms with E-state index >= 15 is 0 Å². The number of benzene rings is 1. The molecule has 1 aliphatic rings. The zero-order valence-electron chi connectivity index (χ0n) is 6.45. The van der Waals surface area contributed by atoms with Crippen molar-refractivity contribution in [3.8, 4) is 5.75 Å². The zero-order chi connectivity index (χ0) is 9.42. The van der Waals surface area contributed by atoms with Crippen LogP contribution in [-0.4, -0.2) is 11.2 Å². The molecule has 1 aromatic carbocycles. The van der Waals surface area contributed by atoms with Crippen molar-refractivity contribution in [2.75, 3.05) is 0 Å². The van der Waals surface area contributed by atoms with Crippen LogP contribution in [0.2, 0.25) is 5.02 Å². The summed E-state index contributed by atoms with van der Waals surface area (Å²) in [5.74, 6) is 0.334. The maximum absolute atomic E-state index is 10.8. The molecule has 1 atom stereocenters. The molecule has 0 radical (unpaired) electrons. The van der Waals surface area contributed by atoms with E-state index in [4.69, 9.17) is 16.3 Å². The first-order valence-electron chi connectivity index (χ1n) is 3.62. The summed E-state index contributed by atoms with van der Waals surface area (Å²) in [5.41, 5.74) is 0.465. The summed E-state index contributed by atoms with van der Waals surface area (Å²) in [4.78, 5) is 10.8. The molecule has 5 heteroatoms. The molecule has 0 aromatic heterocycles. The first-order valence-corrected chi connectivity index (χ1v) is 4.00. The number of fused-ring (bicyclic) bond motifs is 1. The van der Waals surface area contributed by atoms with Crippen molar-refractivity contribution >= 4 is 17.7 Å². The second kappa shape index (κ2) is 2.90. The highest BCUT2D eigenvalue weighted by Gasteiger charge is 2.23. The Labute approximate surface area is 79.1 Å². The van der Waals surface area contributed by atoms with E-state index < -0.39 is 12.3 Å². The summed E-state index contributed by atoms with van der Waals surface area (Å²) < 4.78 is 4.79. The molecule has 0 bridgehead atoms. The van der Waals surface area contributed by atoms with Crippen LogP contribution in [0.25, 0.3) is 0 Å². The number of halogens is 1. The summed E-state index contributed by atoms with van der Waals surface area (Å²) in [6.07, 6.45) is -1.71. The summed E-state index contributed by atoms with van der Waals surface area (Å²) in [7, 11) is 0. The maximum Gasteiger partial charge on any atom is 0.414 e. The molecule has 68 valence electrons. The van der Waals surface area contributed by atoms with Gasteiger partial charge in [0.15, 0.2) is 6.23 Å². The second-order valence-corrected chi connectivity index (χ2v) is 3.05. The van der Waals surface area contributed by atoms with Crippen molar-refractivity contribution in [1.82, 2.24) is 5.32 Å². The van der Waals surface area contributed by atoms with Crippen molar-refractivity contribution in [3.05, 3.63) is 28.8 Å². The molecule has 1 aliphatic heterocycles. The van der Waals surface area contributed by atoms with Crippen LogP contribution < -0.4 is 10.1 Å². The number of hydrogen-bond acceptors (Lipinski definition) is 3. The molecule has 0 spiro atoms. The second-order valence-electron chi connectivity index (χ2n) is 2.62. The van der Waals surface area contributed by atoms with E-state index in [0.717, 1.165) is 0 Å². The fraction of sp³-hybridized carbons (Fsp3) is 0.125. The Morgan fingerprint density at radius 2 is 2.31 bits per heavy atom. The Bertz CT molecular complexity index is 366. The standard InChI is InChI=1S/C8H6ClNO3/c9-4-1-2-6-5(3-4)7(11)10-8(12)13-6/h1-3,7,11H,(H,10,12). The van der Waals surface area contributed by atoms with Crippen LogP contribution in [0.5, 0.6) is 5.75 Å². The van der Waals surface area contributed by atoms with Crippen molar-refractivity contribution in [3.63, 3.8) is 0 Å². The van der Waals surface area contributed by atoms with E-state index in [1.165, 1.54) is 0 Å². The number of amides is 1. The quantitative estimate of drug-likeness (QED) is 0.665. The predicted molar refractivity (Wildman–Crippen MR) is 45.6 cm³/mol. The number of nitrogens with one attached hydrogen (secondary N) is 1. The van der Waals surface area contributed by atoms with Gasteiger partial charge in [-0.05, 0) is 18.2 Å². The van der Waals surface area contributed by atoms with E-state index in [9.17, 15) is 9.90 Å². The molecule has 2 N–H and O–H groups in total. The molecular formula is C8H6ClNO3. The van der Waals surface area contributed by atoms with Gasteiger partial charge in [0.1, 0.15) is 5.75 Å². The molecule has 1 unspecified atom stereocenters. The zero-order valence-corrected chi connectivity index (χ0v) is 7.21. The van der Waals surface area contributed by atoms with Crippen LogP contribution in [-0.2, 0) is 0 Å². The largest absolute Gasteiger partial charge is 0.414 e. The Hall–Kier alpha value is -1.26. The minimum absolute atomic E-state index is 0.334. The fourth-order valence-electron chi connectivity index (χ4n) is 1.14. The van der Waals surface area contributed by atoms with E-state index in [0.29, 0.717) is 16.3 Å². The molecule has 0 saturated carbocycles. The van der Waals surface area contributed by atoms with Crippen molar-refractivity contribution in [1.29, 1.82) is 0 Å². The first-order chi connectivity index (χ1) is 6.16. The number of carbonyl (C=O) groups is 1. The SMILES string of the molecule is O=C1NC(O)c2cc(Cl)ccc2O1. The lowest BCUT2D eigenvalue weighted by Gasteiger charge is -2.21. The lowest BCUT2D eigenvalue weighted by atomic mass is 10.1. The van der Waals surface area contributed by atoms with Crippen molar-refractivity contribution in [2.45, 2.75) is 6.23 Å². The summed E-state index contributed by atoms with van der Waals surface area (Å²) in [5, 5.41) is 12.1. The molecule has 1 heterocycles. The summed E-state index contributed by atoms with van der Waals surface area (Å²) in [6, 6.07) is 4.67. The lowest BCUT2D eigenvalue weighted by molar-refractivity contribution is 0.109. The third-order valence-corrected chi connectivity index (χ3v) is 1.96. The smallest absolute Gasteiger partial charge is 0.410 e. The Balaban J connectivity index is 2.49. The summed E-state index contributed by atoms with van der Waals surface area (Å²) >= 11 is 5.70. The van der Waals surface area contributed by atoms with E-state index in [2.05, 4.69) is 5.32 Å². The van der Waals surface area contributed by atoms with Crippen LogP contribution in [0.3, 0.4) is 0 Å². The molecule has 1 amide bonds. The van der Waals surface area contributed by atoms with Crippen LogP contribution in [0.4, 0.5) is 4.79 Å². The van der Waals surface area contributed by atoms with Gasteiger partial charge in [0.05, 0.1) is 0 Å². The highest BCUT2D eigenvalue weighted by atomic mass is 35.5. The van der Waals surface area contributed by atoms with Crippen molar-refractivity contribution in [2.24, 2.45) is 0 Å². The average Bonchev–Trinajstić information content (AvgIpc) is 2.06. The van der Waals surface area contributed by atoms with Crippen LogP contribution in [0.1, 0.15) is 11.8 Å². The van der Waals surface area contributed by atoms with Crippen LogP contribution in [0, 0.1) is 0 Å². The van der Waals surface area contributed by atoms with Gasteiger partial charge < -0.3 is 9.84 Å². The van der Waals surface area contributed by atoms with Crippen LogP contribution >= 0.6 is 11.6 Å². The Kier molecular flexibility index (Phi) is 1.86. The van der Waals surface area contributed by atoms with Gasteiger partial charge >= 0.3 is 6.09 Å². The minimum atomic E-state index is -1.05. The maximum atomic E-state index is 10.8. The molecule has 1 aromatic rings. The fourth-order valence-corrected chi connectivity index (χ4v) is 1.33. The topological polar surface area (TPSA) is 58.6 Å². The number of rotatable bonds is 0. The molecule has 0 fully saturated rings. The van der Waals surface area contributed by atoms with E-state index in [-0.39, 0.29) is 0 Å². The van der Waals surface area contributed by atoms with Gasteiger partial charge in [-0.2, -0.15) is 0 Å². The number of carbonyl (C=O) groups excluding carboxylic acids is 1.